The van der Waals surface area contributed by atoms with Crippen molar-refractivity contribution in [3.05, 3.63) is 16.4 Å². The zero-order valence-corrected chi connectivity index (χ0v) is 13.4. The van der Waals surface area contributed by atoms with Gasteiger partial charge < -0.3 is 5.32 Å². The van der Waals surface area contributed by atoms with Gasteiger partial charge in [-0.3, -0.25) is 9.58 Å². The van der Waals surface area contributed by atoms with Gasteiger partial charge in [0.15, 0.2) is 0 Å². The summed E-state index contributed by atoms with van der Waals surface area (Å²) in [6.45, 7) is 6.65. The van der Waals surface area contributed by atoms with Crippen LogP contribution in [0, 0.1) is 0 Å². The van der Waals surface area contributed by atoms with E-state index < -0.39 is 0 Å². The van der Waals surface area contributed by atoms with Crippen LogP contribution in [0.15, 0.2) is 10.7 Å². The van der Waals surface area contributed by atoms with E-state index in [9.17, 15) is 0 Å². The van der Waals surface area contributed by atoms with E-state index in [1.54, 1.807) is 0 Å². The number of aryl methyl sites for hydroxylation is 1. The van der Waals surface area contributed by atoms with Gasteiger partial charge in [0.1, 0.15) is 0 Å². The van der Waals surface area contributed by atoms with Crippen LogP contribution in [-0.4, -0.2) is 40.4 Å². The van der Waals surface area contributed by atoms with Crippen LogP contribution in [0.2, 0.25) is 0 Å². The predicted octanol–water partition coefficient (Wildman–Crippen LogP) is 2.18. The molecule has 1 aromatic rings. The van der Waals surface area contributed by atoms with Gasteiger partial charge in [0, 0.05) is 26.2 Å². The summed E-state index contributed by atoms with van der Waals surface area (Å²) in [5.41, 5.74) is 1.27. The molecule has 18 heavy (non-hydrogen) atoms. The summed E-state index contributed by atoms with van der Waals surface area (Å²) >= 11 is 3.58. The Kier molecular flexibility index (Phi) is 6.63. The van der Waals surface area contributed by atoms with Crippen molar-refractivity contribution in [3.8, 4) is 0 Å². The fraction of sp³-hybridized carbons (Fsp3) is 0.750. The molecule has 0 aromatic carbocycles. The van der Waals surface area contributed by atoms with Gasteiger partial charge in [-0.25, -0.2) is 0 Å². The van der Waals surface area contributed by atoms with Gasteiger partial charge in [0.25, 0.3) is 0 Å². The van der Waals surface area contributed by atoms with Crippen molar-refractivity contribution >= 4 is 28.3 Å². The van der Waals surface area contributed by atoms with Crippen LogP contribution in [0.1, 0.15) is 25.5 Å². The first-order chi connectivity index (χ1) is 8.22. The van der Waals surface area contributed by atoms with Crippen LogP contribution in [0.5, 0.6) is 0 Å². The number of aromatic nitrogens is 2. The monoisotopic (exact) mass is 336 g/mol. The van der Waals surface area contributed by atoms with E-state index in [1.807, 2.05) is 17.9 Å². The highest BCUT2D eigenvalue weighted by molar-refractivity contribution is 9.10. The van der Waals surface area contributed by atoms with E-state index in [1.165, 1.54) is 18.5 Å². The lowest BCUT2D eigenvalue weighted by molar-refractivity contribution is 0.194. The first-order valence-electron chi connectivity index (χ1n) is 6.33. The molecule has 0 spiro atoms. The summed E-state index contributed by atoms with van der Waals surface area (Å²) in [6.07, 6.45) is 4.34. The lowest BCUT2D eigenvalue weighted by atomic mass is 10.2. The first kappa shape index (κ1) is 16.0. The van der Waals surface area contributed by atoms with E-state index in [0.29, 0.717) is 6.04 Å². The van der Waals surface area contributed by atoms with Gasteiger partial charge in [0.05, 0.1) is 16.4 Å². The van der Waals surface area contributed by atoms with E-state index in [4.69, 9.17) is 0 Å². The molecule has 1 aliphatic heterocycles. The number of rotatable bonds is 5. The Labute approximate surface area is 124 Å². The molecule has 0 saturated carbocycles. The molecule has 0 radical (unpaired) electrons. The van der Waals surface area contributed by atoms with Crippen molar-refractivity contribution in [2.24, 2.45) is 7.05 Å². The standard InChI is InChI=1S/C12H21BrN4.ClH/c1-3-6-17(10-4-5-14-7-10)9-12-11(13)8-15-16(12)2;/h8,10,14H,3-7,9H2,1-2H3;1H. The SMILES string of the molecule is CCCN(Cc1c(Br)cnn1C)C1CCNC1.Cl. The highest BCUT2D eigenvalue weighted by atomic mass is 79.9. The molecule has 4 nitrogen and oxygen atoms in total. The zero-order chi connectivity index (χ0) is 12.3. The summed E-state index contributed by atoms with van der Waals surface area (Å²) < 4.78 is 3.09. The van der Waals surface area contributed by atoms with Crippen molar-refractivity contribution in [1.29, 1.82) is 0 Å². The van der Waals surface area contributed by atoms with Crippen molar-refractivity contribution < 1.29 is 0 Å². The average molecular weight is 338 g/mol. The minimum atomic E-state index is 0. The molecule has 2 heterocycles. The Morgan fingerprint density at radius 3 is 2.89 bits per heavy atom. The number of hydrogen-bond acceptors (Lipinski definition) is 3. The summed E-state index contributed by atoms with van der Waals surface area (Å²) in [6, 6.07) is 0.678. The van der Waals surface area contributed by atoms with Crippen LogP contribution in [0.25, 0.3) is 0 Å². The molecule has 1 fully saturated rings. The Hall–Kier alpha value is -0.100. The molecule has 0 amide bonds. The van der Waals surface area contributed by atoms with Crippen LogP contribution in [-0.2, 0) is 13.6 Å². The van der Waals surface area contributed by atoms with Gasteiger partial charge in [-0.05, 0) is 41.9 Å². The summed E-state index contributed by atoms with van der Waals surface area (Å²) in [5, 5.41) is 7.73. The predicted molar refractivity (Wildman–Crippen MR) is 80.1 cm³/mol. The smallest absolute Gasteiger partial charge is 0.0663 e. The Morgan fingerprint density at radius 2 is 2.39 bits per heavy atom. The molecule has 1 unspecified atom stereocenters. The maximum atomic E-state index is 4.28. The molecule has 0 aliphatic carbocycles. The van der Waals surface area contributed by atoms with Crippen LogP contribution < -0.4 is 5.32 Å². The maximum Gasteiger partial charge on any atom is 0.0663 e. The molecule has 1 aliphatic rings. The van der Waals surface area contributed by atoms with Crippen molar-refractivity contribution in [2.75, 3.05) is 19.6 Å². The third-order valence-electron chi connectivity index (χ3n) is 3.42. The van der Waals surface area contributed by atoms with Gasteiger partial charge in [-0.2, -0.15) is 5.10 Å². The molecular weight excluding hydrogens is 316 g/mol. The molecular formula is C12H22BrClN4. The Morgan fingerprint density at radius 1 is 1.61 bits per heavy atom. The topological polar surface area (TPSA) is 33.1 Å². The van der Waals surface area contributed by atoms with Crippen molar-refractivity contribution in [3.63, 3.8) is 0 Å². The second kappa shape index (κ2) is 7.48. The number of halogens is 2. The molecule has 1 saturated heterocycles. The Bertz CT molecular complexity index is 343. The molecule has 0 bridgehead atoms. The molecule has 104 valence electrons. The zero-order valence-electron chi connectivity index (χ0n) is 11.0. The number of nitrogens with one attached hydrogen (secondary N) is 1. The van der Waals surface area contributed by atoms with E-state index in [-0.39, 0.29) is 12.4 Å². The first-order valence-corrected chi connectivity index (χ1v) is 7.12. The van der Waals surface area contributed by atoms with Crippen LogP contribution in [0.3, 0.4) is 0 Å². The third kappa shape index (κ3) is 3.70. The average Bonchev–Trinajstić information content (AvgIpc) is 2.93. The summed E-state index contributed by atoms with van der Waals surface area (Å²) in [5.74, 6) is 0. The fourth-order valence-corrected chi connectivity index (χ4v) is 2.91. The van der Waals surface area contributed by atoms with E-state index >= 15 is 0 Å². The van der Waals surface area contributed by atoms with Crippen molar-refractivity contribution in [1.82, 2.24) is 20.0 Å². The third-order valence-corrected chi connectivity index (χ3v) is 4.09. The summed E-state index contributed by atoms with van der Waals surface area (Å²) in [4.78, 5) is 2.57. The van der Waals surface area contributed by atoms with E-state index in [2.05, 4.69) is 38.2 Å². The second-order valence-corrected chi connectivity index (χ2v) is 5.53. The largest absolute Gasteiger partial charge is 0.315 e. The van der Waals surface area contributed by atoms with Crippen molar-refractivity contribution in [2.45, 2.75) is 32.4 Å². The maximum absolute atomic E-state index is 4.28. The van der Waals surface area contributed by atoms with Gasteiger partial charge >= 0.3 is 0 Å². The second-order valence-electron chi connectivity index (χ2n) is 4.68. The van der Waals surface area contributed by atoms with Crippen LogP contribution in [0.4, 0.5) is 0 Å². The van der Waals surface area contributed by atoms with Crippen LogP contribution >= 0.6 is 28.3 Å². The van der Waals surface area contributed by atoms with E-state index in [0.717, 1.165) is 30.7 Å². The number of nitrogens with zero attached hydrogens (tertiary/aromatic N) is 3. The lowest BCUT2D eigenvalue weighted by Gasteiger charge is -2.28. The normalized spacial score (nSPS) is 19.2. The molecule has 2 rings (SSSR count). The summed E-state index contributed by atoms with van der Waals surface area (Å²) in [7, 11) is 2.01. The molecule has 6 heteroatoms. The quantitative estimate of drug-likeness (QED) is 0.894. The van der Waals surface area contributed by atoms with Gasteiger partial charge in [-0.15, -0.1) is 12.4 Å². The fourth-order valence-electron chi connectivity index (χ4n) is 2.44. The highest BCUT2D eigenvalue weighted by Crippen LogP contribution is 2.20. The minimum Gasteiger partial charge on any atom is -0.315 e. The molecule has 1 aromatic heterocycles. The molecule has 1 N–H and O–H groups in total. The lowest BCUT2D eigenvalue weighted by Crippen LogP contribution is -2.37. The van der Waals surface area contributed by atoms with Gasteiger partial charge in [0.2, 0.25) is 0 Å². The molecule has 1 atom stereocenters. The number of hydrogen-bond donors (Lipinski definition) is 1. The van der Waals surface area contributed by atoms with Gasteiger partial charge in [-0.1, -0.05) is 6.92 Å². The highest BCUT2D eigenvalue weighted by Gasteiger charge is 2.23. The minimum absolute atomic E-state index is 0. The Balaban J connectivity index is 0.00000162.